The van der Waals surface area contributed by atoms with Gasteiger partial charge in [-0.2, -0.15) is 5.10 Å². The molecule has 0 saturated carbocycles. The van der Waals surface area contributed by atoms with Gasteiger partial charge in [0.2, 0.25) is 0 Å². The van der Waals surface area contributed by atoms with E-state index in [0.29, 0.717) is 29.5 Å². The van der Waals surface area contributed by atoms with Crippen molar-refractivity contribution in [3.05, 3.63) is 111 Å². The number of halogens is 1. The number of hydrogen-bond donors (Lipinski definition) is 1. The van der Waals surface area contributed by atoms with Gasteiger partial charge >= 0.3 is 0 Å². The second kappa shape index (κ2) is 9.92. The zero-order valence-electron chi connectivity index (χ0n) is 18.9. The van der Waals surface area contributed by atoms with Crippen LogP contribution in [0.5, 0.6) is 5.75 Å². The number of aryl methyl sites for hydroxylation is 2. The van der Waals surface area contributed by atoms with Gasteiger partial charge in [-0.05, 0) is 61.7 Å². The van der Waals surface area contributed by atoms with Crippen molar-refractivity contribution in [2.24, 2.45) is 0 Å². The summed E-state index contributed by atoms with van der Waals surface area (Å²) in [7, 11) is 0. The molecule has 0 radical (unpaired) electrons. The van der Waals surface area contributed by atoms with E-state index in [1.165, 1.54) is 0 Å². The molecule has 33 heavy (non-hydrogen) atoms. The minimum atomic E-state index is -0.172. The molecule has 6 heteroatoms. The molecule has 0 atom stereocenters. The van der Waals surface area contributed by atoms with E-state index in [-0.39, 0.29) is 5.91 Å². The van der Waals surface area contributed by atoms with Crippen molar-refractivity contribution in [2.45, 2.75) is 33.9 Å². The van der Waals surface area contributed by atoms with E-state index in [1.807, 2.05) is 74.0 Å². The topological polar surface area (TPSA) is 56.1 Å². The Kier molecular flexibility index (Phi) is 6.80. The van der Waals surface area contributed by atoms with Gasteiger partial charge in [-0.1, -0.05) is 60.1 Å². The number of hydrogen-bond acceptors (Lipinski definition) is 3. The van der Waals surface area contributed by atoms with Gasteiger partial charge in [0.05, 0.1) is 28.6 Å². The van der Waals surface area contributed by atoms with Crippen molar-refractivity contribution in [2.75, 3.05) is 5.32 Å². The van der Waals surface area contributed by atoms with Crippen LogP contribution in [-0.2, 0) is 13.2 Å². The Labute approximate surface area is 199 Å². The molecular weight excluding hydrogens is 434 g/mol. The second-order valence-electron chi connectivity index (χ2n) is 8.06. The van der Waals surface area contributed by atoms with E-state index >= 15 is 0 Å². The highest BCUT2D eigenvalue weighted by Gasteiger charge is 2.15. The Morgan fingerprint density at radius 3 is 2.42 bits per heavy atom. The largest absolute Gasteiger partial charge is 0.487 e. The van der Waals surface area contributed by atoms with Crippen molar-refractivity contribution in [3.8, 4) is 5.75 Å². The van der Waals surface area contributed by atoms with Crippen LogP contribution in [-0.4, -0.2) is 15.7 Å². The van der Waals surface area contributed by atoms with E-state index in [0.717, 1.165) is 33.8 Å². The summed E-state index contributed by atoms with van der Waals surface area (Å²) in [6.45, 7) is 6.89. The molecule has 1 heterocycles. The van der Waals surface area contributed by atoms with Gasteiger partial charge in [-0.15, -0.1) is 0 Å². The number of rotatable bonds is 7. The Morgan fingerprint density at radius 1 is 0.970 bits per heavy atom. The van der Waals surface area contributed by atoms with E-state index in [9.17, 15) is 4.79 Å². The summed E-state index contributed by atoms with van der Waals surface area (Å²) in [5, 5.41) is 8.21. The van der Waals surface area contributed by atoms with Crippen LogP contribution < -0.4 is 10.1 Å². The maximum atomic E-state index is 12.9. The first-order valence-electron chi connectivity index (χ1n) is 10.8. The van der Waals surface area contributed by atoms with Crippen molar-refractivity contribution < 1.29 is 9.53 Å². The quantitative estimate of drug-likeness (QED) is 0.350. The molecule has 0 aliphatic rings. The molecule has 3 aromatic carbocycles. The van der Waals surface area contributed by atoms with E-state index in [2.05, 4.69) is 22.5 Å². The lowest BCUT2D eigenvalue weighted by Gasteiger charge is -2.10. The van der Waals surface area contributed by atoms with Gasteiger partial charge in [0, 0.05) is 5.56 Å². The number of carbonyl (C=O) groups is 1. The van der Waals surface area contributed by atoms with Crippen molar-refractivity contribution in [3.63, 3.8) is 0 Å². The predicted octanol–water partition coefficient (Wildman–Crippen LogP) is 6.34. The van der Waals surface area contributed by atoms with Crippen LogP contribution in [0.2, 0.25) is 5.02 Å². The molecule has 0 spiro atoms. The van der Waals surface area contributed by atoms with Gasteiger partial charge in [-0.25, -0.2) is 0 Å². The molecule has 0 saturated heterocycles. The van der Waals surface area contributed by atoms with Crippen molar-refractivity contribution in [1.29, 1.82) is 0 Å². The predicted molar refractivity (Wildman–Crippen MR) is 132 cm³/mol. The number of benzene rings is 3. The first kappa shape index (κ1) is 22.6. The molecule has 168 valence electrons. The molecule has 1 amide bonds. The maximum Gasteiger partial charge on any atom is 0.255 e. The Bertz CT molecular complexity index is 1260. The monoisotopic (exact) mass is 459 g/mol. The fourth-order valence-corrected chi connectivity index (χ4v) is 3.78. The van der Waals surface area contributed by atoms with Crippen LogP contribution in [0.25, 0.3) is 0 Å². The summed E-state index contributed by atoms with van der Waals surface area (Å²) in [6, 6.07) is 23.2. The zero-order valence-corrected chi connectivity index (χ0v) is 19.7. The van der Waals surface area contributed by atoms with Crippen LogP contribution in [0.1, 0.15) is 38.4 Å². The van der Waals surface area contributed by atoms with Crippen molar-refractivity contribution in [1.82, 2.24) is 9.78 Å². The molecule has 5 nitrogen and oxygen atoms in total. The van der Waals surface area contributed by atoms with Crippen molar-refractivity contribution >= 4 is 23.2 Å². The lowest BCUT2D eigenvalue weighted by atomic mass is 10.1. The van der Waals surface area contributed by atoms with Gasteiger partial charge in [0.15, 0.2) is 0 Å². The summed E-state index contributed by atoms with van der Waals surface area (Å²) in [4.78, 5) is 12.9. The highest BCUT2D eigenvalue weighted by atomic mass is 35.5. The van der Waals surface area contributed by atoms with Gasteiger partial charge < -0.3 is 10.1 Å². The van der Waals surface area contributed by atoms with Gasteiger partial charge in [-0.3, -0.25) is 9.48 Å². The number of carbonyl (C=O) groups excluding carboxylic acids is 1. The normalized spacial score (nSPS) is 10.8. The number of anilines is 1. The molecule has 4 rings (SSSR count). The number of nitrogens with one attached hydrogen (secondary N) is 1. The third-order valence-electron chi connectivity index (χ3n) is 5.49. The lowest BCUT2D eigenvalue weighted by Crippen LogP contribution is -2.13. The van der Waals surface area contributed by atoms with Gasteiger partial charge in [0.25, 0.3) is 5.91 Å². The highest BCUT2D eigenvalue weighted by Crippen LogP contribution is 2.26. The van der Waals surface area contributed by atoms with E-state index in [4.69, 9.17) is 16.3 Å². The van der Waals surface area contributed by atoms with Crippen LogP contribution in [0.4, 0.5) is 5.69 Å². The summed E-state index contributed by atoms with van der Waals surface area (Å²) >= 11 is 6.19. The Morgan fingerprint density at radius 2 is 1.70 bits per heavy atom. The fourth-order valence-electron chi connectivity index (χ4n) is 3.61. The second-order valence-corrected chi connectivity index (χ2v) is 8.47. The summed E-state index contributed by atoms with van der Waals surface area (Å²) < 4.78 is 7.75. The van der Waals surface area contributed by atoms with Crippen LogP contribution >= 0.6 is 11.6 Å². The maximum absolute atomic E-state index is 12.9. The zero-order chi connectivity index (χ0) is 23.4. The molecular formula is C27H26ClN3O2. The lowest BCUT2D eigenvalue weighted by molar-refractivity contribution is 0.102. The molecule has 0 aliphatic carbocycles. The molecule has 0 aliphatic heterocycles. The molecule has 4 aromatic rings. The number of nitrogens with zero attached hydrogens (tertiary/aromatic N) is 2. The summed E-state index contributed by atoms with van der Waals surface area (Å²) in [6.07, 6.45) is 0. The van der Waals surface area contributed by atoms with E-state index < -0.39 is 0 Å². The van der Waals surface area contributed by atoms with Crippen LogP contribution in [0, 0.1) is 20.8 Å². The smallest absolute Gasteiger partial charge is 0.255 e. The third-order valence-corrected chi connectivity index (χ3v) is 5.80. The third kappa shape index (κ3) is 5.44. The molecule has 1 aromatic heterocycles. The van der Waals surface area contributed by atoms with E-state index in [1.54, 1.807) is 12.1 Å². The number of amides is 1. The fraction of sp³-hybridized carbons (Fsp3) is 0.185. The van der Waals surface area contributed by atoms with Crippen LogP contribution in [0.3, 0.4) is 0 Å². The molecule has 0 unspecified atom stereocenters. The average Bonchev–Trinajstić information content (AvgIpc) is 3.08. The SMILES string of the molecule is Cc1ccc(Cl)c(OCc2ccc(C(=O)Nc3c(C)nn(Cc4ccccc4)c3C)cc2)c1. The standard InChI is InChI=1S/C27H26ClN3O2/c1-18-9-14-24(28)25(15-18)33-17-22-10-12-23(13-11-22)27(32)29-26-19(2)30-31(20(26)3)16-21-7-5-4-6-8-21/h4-15H,16-17H2,1-3H3,(H,29,32). The molecule has 0 fully saturated rings. The summed E-state index contributed by atoms with van der Waals surface area (Å²) in [5.41, 5.74) is 6.22. The minimum absolute atomic E-state index is 0.172. The first-order chi connectivity index (χ1) is 15.9. The highest BCUT2D eigenvalue weighted by molar-refractivity contribution is 6.32. The van der Waals surface area contributed by atoms with Gasteiger partial charge in [0.1, 0.15) is 12.4 Å². The van der Waals surface area contributed by atoms with Crippen LogP contribution in [0.15, 0.2) is 72.8 Å². The number of aromatic nitrogens is 2. The Hall–Kier alpha value is -3.57. The first-order valence-corrected chi connectivity index (χ1v) is 11.2. The molecule has 0 bridgehead atoms. The number of ether oxygens (including phenoxy) is 1. The minimum Gasteiger partial charge on any atom is -0.487 e. The Balaban J connectivity index is 1.41. The molecule has 1 N–H and O–H groups in total. The summed E-state index contributed by atoms with van der Waals surface area (Å²) in [5.74, 6) is 0.478. The average molecular weight is 460 g/mol.